The van der Waals surface area contributed by atoms with Gasteiger partial charge in [0.25, 0.3) is 0 Å². The molecule has 0 fully saturated rings. The van der Waals surface area contributed by atoms with Gasteiger partial charge in [0.15, 0.2) is 0 Å². The highest BCUT2D eigenvalue weighted by Gasteiger charge is 2.37. The van der Waals surface area contributed by atoms with Gasteiger partial charge in [0.05, 0.1) is 0 Å². The molecular formula is C15H23N3O2. The van der Waals surface area contributed by atoms with Crippen LogP contribution in [0.4, 0.5) is 0 Å². The molecule has 2 amide bonds. The number of pyridine rings is 1. The fourth-order valence-electron chi connectivity index (χ4n) is 1.51. The van der Waals surface area contributed by atoms with Gasteiger partial charge in [-0.3, -0.25) is 14.6 Å². The van der Waals surface area contributed by atoms with Crippen molar-refractivity contribution < 1.29 is 9.59 Å². The summed E-state index contributed by atoms with van der Waals surface area (Å²) < 4.78 is 0. The number of nitrogens with one attached hydrogen (secondary N) is 2. The van der Waals surface area contributed by atoms with Crippen molar-refractivity contribution in [1.29, 1.82) is 0 Å². The smallest absolute Gasteiger partial charge is 0.235 e. The van der Waals surface area contributed by atoms with E-state index < -0.39 is 5.41 Å². The van der Waals surface area contributed by atoms with E-state index in [9.17, 15) is 9.59 Å². The molecule has 110 valence electrons. The summed E-state index contributed by atoms with van der Waals surface area (Å²) in [6, 6.07) is 3.68. The minimum Gasteiger partial charge on any atom is -0.351 e. The number of hydrogen-bond acceptors (Lipinski definition) is 3. The van der Waals surface area contributed by atoms with Crippen molar-refractivity contribution in [3.8, 4) is 0 Å². The number of hydrogen-bond donors (Lipinski definition) is 2. The molecule has 1 aromatic rings. The molecule has 0 saturated carbocycles. The molecule has 0 bridgehead atoms. The molecule has 0 atom stereocenters. The van der Waals surface area contributed by atoms with E-state index in [4.69, 9.17) is 0 Å². The summed E-state index contributed by atoms with van der Waals surface area (Å²) in [6.45, 7) is 9.25. The Morgan fingerprint density at radius 1 is 1.15 bits per heavy atom. The first-order valence-corrected chi connectivity index (χ1v) is 6.63. The summed E-state index contributed by atoms with van der Waals surface area (Å²) in [5.74, 6) is -0.586. The van der Waals surface area contributed by atoms with Gasteiger partial charge in [0, 0.05) is 24.5 Å². The van der Waals surface area contributed by atoms with E-state index in [2.05, 4.69) is 15.6 Å². The van der Waals surface area contributed by atoms with Crippen LogP contribution in [-0.2, 0) is 16.1 Å². The van der Waals surface area contributed by atoms with Gasteiger partial charge in [0.1, 0.15) is 5.41 Å². The third-order valence-corrected chi connectivity index (χ3v) is 2.80. The standard InChI is InChI=1S/C15H23N3O2/c1-14(2,3)18-13(20)15(4,5)12(19)17-10-11-7-6-8-16-9-11/h6-9H,10H2,1-5H3,(H,17,19)(H,18,20). The summed E-state index contributed by atoms with van der Waals surface area (Å²) in [6.07, 6.45) is 3.36. The molecule has 0 aliphatic heterocycles. The van der Waals surface area contributed by atoms with Gasteiger partial charge in [-0.1, -0.05) is 6.07 Å². The van der Waals surface area contributed by atoms with Crippen LogP contribution < -0.4 is 10.6 Å². The quantitative estimate of drug-likeness (QED) is 0.822. The molecule has 1 rings (SSSR count). The van der Waals surface area contributed by atoms with Crippen molar-refractivity contribution in [3.63, 3.8) is 0 Å². The summed E-state index contributed by atoms with van der Waals surface area (Å²) in [4.78, 5) is 28.3. The molecule has 0 spiro atoms. The largest absolute Gasteiger partial charge is 0.351 e. The van der Waals surface area contributed by atoms with Crippen LogP contribution in [0.25, 0.3) is 0 Å². The maximum absolute atomic E-state index is 12.2. The lowest BCUT2D eigenvalue weighted by Gasteiger charge is -2.28. The van der Waals surface area contributed by atoms with Crippen LogP contribution in [0.2, 0.25) is 0 Å². The van der Waals surface area contributed by atoms with Crippen LogP contribution in [-0.4, -0.2) is 22.3 Å². The zero-order chi connectivity index (χ0) is 15.4. The van der Waals surface area contributed by atoms with Crippen LogP contribution >= 0.6 is 0 Å². The van der Waals surface area contributed by atoms with Gasteiger partial charge in [-0.25, -0.2) is 0 Å². The van der Waals surface area contributed by atoms with E-state index in [-0.39, 0.29) is 17.4 Å². The molecule has 0 saturated heterocycles. The maximum atomic E-state index is 12.2. The molecule has 0 radical (unpaired) electrons. The number of carbonyl (C=O) groups is 2. The van der Waals surface area contributed by atoms with Crippen molar-refractivity contribution >= 4 is 11.8 Å². The lowest BCUT2D eigenvalue weighted by Crippen LogP contribution is -2.52. The summed E-state index contributed by atoms with van der Waals surface area (Å²) in [7, 11) is 0. The Labute approximate surface area is 120 Å². The van der Waals surface area contributed by atoms with Gasteiger partial charge in [-0.2, -0.15) is 0 Å². The van der Waals surface area contributed by atoms with E-state index >= 15 is 0 Å². The van der Waals surface area contributed by atoms with Crippen LogP contribution in [0.5, 0.6) is 0 Å². The van der Waals surface area contributed by atoms with Crippen molar-refractivity contribution in [1.82, 2.24) is 15.6 Å². The van der Waals surface area contributed by atoms with Crippen LogP contribution in [0.15, 0.2) is 24.5 Å². The number of aromatic nitrogens is 1. The van der Waals surface area contributed by atoms with Crippen LogP contribution in [0.1, 0.15) is 40.2 Å². The highest BCUT2D eigenvalue weighted by atomic mass is 16.2. The first-order chi connectivity index (χ1) is 9.13. The van der Waals surface area contributed by atoms with Gasteiger partial charge in [-0.15, -0.1) is 0 Å². The molecule has 0 aromatic carbocycles. The van der Waals surface area contributed by atoms with Gasteiger partial charge < -0.3 is 10.6 Å². The molecule has 5 nitrogen and oxygen atoms in total. The first kappa shape index (κ1) is 16.1. The SMILES string of the molecule is CC(C)(C)NC(=O)C(C)(C)C(=O)NCc1cccnc1. The highest BCUT2D eigenvalue weighted by molar-refractivity contribution is 6.04. The van der Waals surface area contributed by atoms with E-state index in [1.165, 1.54) is 0 Å². The topological polar surface area (TPSA) is 71.1 Å². The Kier molecular flexibility index (Phi) is 4.87. The molecule has 0 aliphatic rings. The number of carbonyl (C=O) groups excluding carboxylic acids is 2. The molecular weight excluding hydrogens is 254 g/mol. The third-order valence-electron chi connectivity index (χ3n) is 2.80. The number of amides is 2. The lowest BCUT2D eigenvalue weighted by atomic mass is 9.89. The van der Waals surface area contributed by atoms with Crippen molar-refractivity contribution in [2.45, 2.75) is 46.7 Å². The zero-order valence-electron chi connectivity index (χ0n) is 12.8. The van der Waals surface area contributed by atoms with Crippen molar-refractivity contribution in [2.75, 3.05) is 0 Å². The fourth-order valence-corrected chi connectivity index (χ4v) is 1.51. The summed E-state index contributed by atoms with van der Waals surface area (Å²) in [5, 5.41) is 5.59. The Hall–Kier alpha value is -1.91. The third kappa shape index (κ3) is 4.64. The monoisotopic (exact) mass is 277 g/mol. The van der Waals surface area contributed by atoms with E-state index in [1.54, 1.807) is 32.3 Å². The molecule has 1 heterocycles. The minimum atomic E-state index is -1.12. The molecule has 0 aliphatic carbocycles. The number of nitrogens with zero attached hydrogens (tertiary/aromatic N) is 1. The van der Waals surface area contributed by atoms with Crippen LogP contribution in [0, 0.1) is 5.41 Å². The van der Waals surface area contributed by atoms with E-state index in [1.807, 2.05) is 26.8 Å². The zero-order valence-corrected chi connectivity index (χ0v) is 12.8. The maximum Gasteiger partial charge on any atom is 0.235 e. The van der Waals surface area contributed by atoms with Gasteiger partial charge in [-0.05, 0) is 46.2 Å². The summed E-state index contributed by atoms with van der Waals surface area (Å²) >= 11 is 0. The van der Waals surface area contributed by atoms with Crippen molar-refractivity contribution in [2.24, 2.45) is 5.41 Å². The lowest BCUT2D eigenvalue weighted by molar-refractivity contribution is -0.142. The van der Waals surface area contributed by atoms with E-state index in [0.717, 1.165) is 5.56 Å². The first-order valence-electron chi connectivity index (χ1n) is 6.63. The highest BCUT2D eigenvalue weighted by Crippen LogP contribution is 2.17. The molecule has 0 unspecified atom stereocenters. The Balaban J connectivity index is 2.63. The molecule has 1 aromatic heterocycles. The normalized spacial score (nSPS) is 11.8. The fraction of sp³-hybridized carbons (Fsp3) is 0.533. The summed E-state index contributed by atoms with van der Waals surface area (Å²) in [5.41, 5.74) is -0.583. The van der Waals surface area contributed by atoms with Gasteiger partial charge >= 0.3 is 0 Å². The molecule has 2 N–H and O–H groups in total. The second-order valence-electron chi connectivity index (χ2n) is 6.37. The second kappa shape index (κ2) is 6.03. The Morgan fingerprint density at radius 2 is 1.80 bits per heavy atom. The van der Waals surface area contributed by atoms with Crippen molar-refractivity contribution in [3.05, 3.63) is 30.1 Å². The molecule has 5 heteroatoms. The molecule has 20 heavy (non-hydrogen) atoms. The predicted octanol–water partition coefficient (Wildman–Crippen LogP) is 1.64. The average Bonchev–Trinajstić information content (AvgIpc) is 2.35. The second-order valence-corrected chi connectivity index (χ2v) is 6.37. The van der Waals surface area contributed by atoms with Crippen LogP contribution in [0.3, 0.4) is 0 Å². The average molecular weight is 277 g/mol. The van der Waals surface area contributed by atoms with E-state index in [0.29, 0.717) is 6.54 Å². The Bertz CT molecular complexity index is 476. The Morgan fingerprint density at radius 3 is 2.30 bits per heavy atom. The number of rotatable bonds is 4. The van der Waals surface area contributed by atoms with Gasteiger partial charge in [0.2, 0.25) is 11.8 Å². The minimum absolute atomic E-state index is 0.284. The predicted molar refractivity (Wildman–Crippen MR) is 77.8 cm³/mol.